The van der Waals surface area contributed by atoms with E-state index >= 15 is 4.39 Å². The van der Waals surface area contributed by atoms with Gasteiger partial charge in [-0.05, 0) is 85.0 Å². The molecule has 39 heavy (non-hydrogen) atoms. The van der Waals surface area contributed by atoms with Crippen LogP contribution in [0, 0.1) is 12.7 Å². The summed E-state index contributed by atoms with van der Waals surface area (Å²) in [7, 11) is 3.14. The van der Waals surface area contributed by atoms with Crippen LogP contribution in [0.4, 0.5) is 10.1 Å². The number of benzene rings is 2. The van der Waals surface area contributed by atoms with Crippen LogP contribution in [0.1, 0.15) is 30.0 Å². The molecule has 0 saturated carbocycles. The van der Waals surface area contributed by atoms with Gasteiger partial charge in [0.2, 0.25) is 5.88 Å². The third-order valence-corrected chi connectivity index (χ3v) is 8.01. The van der Waals surface area contributed by atoms with Gasteiger partial charge >= 0.3 is 0 Å². The molecule has 0 unspecified atom stereocenters. The number of methoxy groups -OCH3 is 1. The summed E-state index contributed by atoms with van der Waals surface area (Å²) in [5.74, 6) is -1.02. The number of aromatic nitrogens is 1. The largest absolute Gasteiger partial charge is 0.481 e. The van der Waals surface area contributed by atoms with E-state index in [1.807, 2.05) is 34.7 Å². The Bertz CT molecular complexity index is 1540. The zero-order chi connectivity index (χ0) is 28.4. The number of nitrogens with zero attached hydrogens (tertiary/aromatic N) is 2. The Kier molecular flexibility index (Phi) is 8.76. The normalized spacial score (nSPS) is 12.6. The van der Waals surface area contributed by atoms with Crippen molar-refractivity contribution in [1.29, 1.82) is 0 Å². The fourth-order valence-electron chi connectivity index (χ4n) is 4.75. The standard InChI is InChI=1S/C30H28ClFIN3O3/c1-6-19(30(38)36(4)17(3)33)28(37)34-24-14-13-23(32)26(16(24)2)22-12-8-11-21(27(22)31)25-15-18-9-7-10-20(18)29(35-25)39-5/h6,8,11-15H,3,7,9-10H2,1-2,4-5H3,(H,34,37)/b19-6-. The highest BCUT2D eigenvalue weighted by Crippen LogP contribution is 2.42. The van der Waals surface area contributed by atoms with Crippen molar-refractivity contribution >= 4 is 51.7 Å². The van der Waals surface area contributed by atoms with Crippen LogP contribution in [0.3, 0.4) is 0 Å². The highest BCUT2D eigenvalue weighted by Gasteiger charge is 2.25. The number of rotatable bonds is 7. The summed E-state index contributed by atoms with van der Waals surface area (Å²) in [5, 5.41) is 3.09. The summed E-state index contributed by atoms with van der Waals surface area (Å²) in [6.45, 7) is 7.04. The maximum Gasteiger partial charge on any atom is 0.263 e. The minimum atomic E-state index is -0.609. The number of allylic oxidation sites excluding steroid dienone is 1. The molecule has 1 aliphatic carbocycles. The molecular weight excluding hydrogens is 632 g/mol. The molecule has 9 heteroatoms. The van der Waals surface area contributed by atoms with Crippen molar-refractivity contribution in [3.8, 4) is 28.3 Å². The topological polar surface area (TPSA) is 71.5 Å². The molecule has 6 nitrogen and oxygen atoms in total. The molecule has 2 amide bonds. The molecule has 1 N–H and O–H groups in total. The zero-order valence-electron chi connectivity index (χ0n) is 22.1. The van der Waals surface area contributed by atoms with Gasteiger partial charge in [-0.15, -0.1) is 0 Å². The number of nitrogens with one attached hydrogen (secondary N) is 1. The molecule has 4 rings (SSSR count). The van der Waals surface area contributed by atoms with Gasteiger partial charge in [0.15, 0.2) is 0 Å². The summed E-state index contributed by atoms with van der Waals surface area (Å²) in [6.07, 6.45) is 4.33. The van der Waals surface area contributed by atoms with Crippen LogP contribution >= 0.6 is 34.2 Å². The number of aryl methyl sites for hydroxylation is 1. The Labute approximate surface area is 246 Å². The molecule has 0 fully saturated rings. The fourth-order valence-corrected chi connectivity index (χ4v) is 5.29. The number of amides is 2. The van der Waals surface area contributed by atoms with Crippen LogP contribution in [0.15, 0.2) is 58.3 Å². The SMILES string of the molecule is C=C(I)N(C)C(=O)/C(=C\C)C(=O)Nc1ccc(F)c(-c2cccc(-c3cc4c(c(OC)n3)CCC4)c2Cl)c1C. The third-order valence-electron chi connectivity index (χ3n) is 6.88. The fraction of sp³-hybridized carbons (Fsp3) is 0.233. The van der Waals surface area contributed by atoms with Gasteiger partial charge in [0, 0.05) is 35.0 Å². The first-order valence-electron chi connectivity index (χ1n) is 12.3. The monoisotopic (exact) mass is 659 g/mol. The van der Waals surface area contributed by atoms with Gasteiger partial charge in [-0.25, -0.2) is 9.37 Å². The van der Waals surface area contributed by atoms with E-state index in [9.17, 15) is 9.59 Å². The lowest BCUT2D eigenvalue weighted by Crippen LogP contribution is -2.31. The first-order chi connectivity index (χ1) is 18.6. The lowest BCUT2D eigenvalue weighted by molar-refractivity contribution is -0.126. The molecule has 0 spiro atoms. The summed E-state index contributed by atoms with van der Waals surface area (Å²) in [5.41, 5.74) is 5.08. The molecule has 0 bridgehead atoms. The molecule has 202 valence electrons. The lowest BCUT2D eigenvalue weighted by Gasteiger charge is -2.19. The number of anilines is 1. The quantitative estimate of drug-likeness (QED) is 0.0953. The van der Waals surface area contributed by atoms with E-state index in [2.05, 4.69) is 11.9 Å². The third kappa shape index (κ3) is 5.58. The van der Waals surface area contributed by atoms with Crippen molar-refractivity contribution in [1.82, 2.24) is 9.88 Å². The Morgan fingerprint density at radius 1 is 1.23 bits per heavy atom. The number of pyridine rings is 1. The van der Waals surface area contributed by atoms with Gasteiger partial charge in [0.25, 0.3) is 11.8 Å². The van der Waals surface area contributed by atoms with Crippen molar-refractivity contribution in [2.24, 2.45) is 0 Å². The molecular formula is C30H28ClFIN3O3. The Hall–Kier alpha value is -3.24. The Morgan fingerprint density at radius 2 is 1.95 bits per heavy atom. The van der Waals surface area contributed by atoms with Crippen LogP contribution in [0.25, 0.3) is 22.4 Å². The van der Waals surface area contributed by atoms with E-state index in [1.165, 1.54) is 35.7 Å². The minimum Gasteiger partial charge on any atom is -0.481 e. The van der Waals surface area contributed by atoms with Gasteiger partial charge < -0.3 is 15.0 Å². The summed E-state index contributed by atoms with van der Waals surface area (Å²) in [4.78, 5) is 31.8. The molecule has 1 aliphatic rings. The number of halogens is 3. The Balaban J connectivity index is 1.74. The lowest BCUT2D eigenvalue weighted by atomic mass is 9.95. The van der Waals surface area contributed by atoms with Crippen molar-refractivity contribution in [2.45, 2.75) is 33.1 Å². The van der Waals surface area contributed by atoms with Crippen LogP contribution in [-0.4, -0.2) is 35.9 Å². The second-order valence-corrected chi connectivity index (χ2v) is 10.8. The van der Waals surface area contributed by atoms with Crippen molar-refractivity contribution in [2.75, 3.05) is 19.5 Å². The van der Waals surface area contributed by atoms with Crippen LogP contribution < -0.4 is 10.1 Å². The molecule has 2 aromatic carbocycles. The number of hydrogen-bond acceptors (Lipinski definition) is 4. The van der Waals surface area contributed by atoms with Gasteiger partial charge in [-0.1, -0.05) is 42.5 Å². The van der Waals surface area contributed by atoms with Crippen LogP contribution in [0.5, 0.6) is 5.88 Å². The van der Waals surface area contributed by atoms with Gasteiger partial charge in [0.1, 0.15) is 11.4 Å². The highest BCUT2D eigenvalue weighted by molar-refractivity contribution is 14.1. The minimum absolute atomic E-state index is 0.0581. The summed E-state index contributed by atoms with van der Waals surface area (Å²) in [6, 6.07) is 10.1. The zero-order valence-corrected chi connectivity index (χ0v) is 25.0. The molecule has 0 saturated heterocycles. The maximum atomic E-state index is 15.3. The predicted molar refractivity (Wildman–Crippen MR) is 162 cm³/mol. The first-order valence-corrected chi connectivity index (χ1v) is 13.8. The van der Waals surface area contributed by atoms with E-state index in [4.69, 9.17) is 21.3 Å². The van der Waals surface area contributed by atoms with E-state index < -0.39 is 17.6 Å². The van der Waals surface area contributed by atoms with Gasteiger partial charge in [0.05, 0.1) is 21.5 Å². The first kappa shape index (κ1) is 28.8. The number of likely N-dealkylation sites (N-methyl/N-ethyl adjacent to an activating group) is 1. The van der Waals surface area contributed by atoms with E-state index in [0.29, 0.717) is 42.7 Å². The average molecular weight is 660 g/mol. The second kappa shape index (κ2) is 11.9. The molecule has 1 heterocycles. The average Bonchev–Trinajstić information content (AvgIpc) is 3.39. The molecule has 0 radical (unpaired) electrons. The maximum absolute atomic E-state index is 15.3. The van der Waals surface area contributed by atoms with Crippen molar-refractivity contribution in [3.05, 3.63) is 85.9 Å². The highest BCUT2D eigenvalue weighted by atomic mass is 127. The van der Waals surface area contributed by atoms with Crippen LogP contribution in [0.2, 0.25) is 5.02 Å². The van der Waals surface area contributed by atoms with Crippen molar-refractivity contribution in [3.63, 3.8) is 0 Å². The van der Waals surface area contributed by atoms with Crippen molar-refractivity contribution < 1.29 is 18.7 Å². The van der Waals surface area contributed by atoms with E-state index in [1.54, 1.807) is 33.1 Å². The Morgan fingerprint density at radius 3 is 2.62 bits per heavy atom. The number of carbonyl (C=O) groups excluding carboxylic acids is 2. The van der Waals surface area contributed by atoms with E-state index in [-0.39, 0.29) is 11.1 Å². The molecule has 0 aliphatic heterocycles. The van der Waals surface area contributed by atoms with E-state index in [0.717, 1.165) is 24.8 Å². The number of fused-ring (bicyclic) bond motifs is 1. The second-order valence-electron chi connectivity index (χ2n) is 9.17. The molecule has 0 atom stereocenters. The molecule has 3 aromatic rings. The number of hydrogen-bond donors (Lipinski definition) is 1. The number of ether oxygens (including phenoxy) is 1. The summed E-state index contributed by atoms with van der Waals surface area (Å²) >= 11 is 8.81. The summed E-state index contributed by atoms with van der Waals surface area (Å²) < 4.78 is 21.3. The number of carbonyl (C=O) groups is 2. The van der Waals surface area contributed by atoms with Gasteiger partial charge in [-0.2, -0.15) is 0 Å². The van der Waals surface area contributed by atoms with Crippen LogP contribution in [-0.2, 0) is 22.4 Å². The molecule has 1 aromatic heterocycles. The van der Waals surface area contributed by atoms with Gasteiger partial charge in [-0.3, -0.25) is 9.59 Å². The smallest absolute Gasteiger partial charge is 0.263 e. The predicted octanol–water partition coefficient (Wildman–Crippen LogP) is 7.26.